The van der Waals surface area contributed by atoms with Crippen molar-refractivity contribution in [3.8, 4) is 5.75 Å². The van der Waals surface area contributed by atoms with Crippen molar-refractivity contribution in [3.63, 3.8) is 0 Å². The number of amides is 3. The van der Waals surface area contributed by atoms with Gasteiger partial charge in [0.2, 0.25) is 11.8 Å². The van der Waals surface area contributed by atoms with E-state index in [1.165, 1.54) is 23.2 Å². The Labute approximate surface area is 124 Å². The van der Waals surface area contributed by atoms with Crippen LogP contribution in [0.1, 0.15) is 23.2 Å². The standard InChI is InChI=1S/C15H11N3O4/c19-7-5-9-13-8(3-4-16-9)15(22)18(11(13)6-7)10-1-2-12(20)17-14(10)21/h3-6,10,19H,1-2H2,(H,17,20,21). The molecule has 0 saturated carbocycles. The van der Waals surface area contributed by atoms with Crippen molar-refractivity contribution in [2.75, 3.05) is 4.90 Å². The fourth-order valence-corrected chi connectivity index (χ4v) is 3.10. The quantitative estimate of drug-likeness (QED) is 0.755. The number of imide groups is 1. The smallest absolute Gasteiger partial charge is 0.259 e. The molecule has 4 rings (SSSR count). The number of carbonyl (C=O) groups excluding carboxylic acids is 3. The molecule has 0 radical (unpaired) electrons. The van der Waals surface area contributed by atoms with Crippen LogP contribution < -0.4 is 10.2 Å². The molecular weight excluding hydrogens is 286 g/mol. The lowest BCUT2D eigenvalue weighted by molar-refractivity contribution is -0.134. The van der Waals surface area contributed by atoms with E-state index in [1.807, 2.05) is 0 Å². The van der Waals surface area contributed by atoms with Crippen LogP contribution >= 0.6 is 0 Å². The number of aromatic nitrogens is 1. The minimum Gasteiger partial charge on any atom is -0.508 e. The molecule has 1 saturated heterocycles. The average molecular weight is 297 g/mol. The van der Waals surface area contributed by atoms with Gasteiger partial charge in [0.1, 0.15) is 11.8 Å². The Bertz CT molecular complexity index is 861. The molecule has 2 aliphatic heterocycles. The molecule has 1 aromatic heterocycles. The third-order valence-electron chi connectivity index (χ3n) is 4.04. The molecule has 2 aliphatic rings. The highest BCUT2D eigenvalue weighted by Crippen LogP contribution is 2.41. The number of nitrogens with one attached hydrogen (secondary N) is 1. The minimum atomic E-state index is -0.761. The van der Waals surface area contributed by atoms with Crippen molar-refractivity contribution in [1.82, 2.24) is 10.3 Å². The fraction of sp³-hybridized carbons (Fsp3) is 0.200. The van der Waals surface area contributed by atoms with Crippen molar-refractivity contribution >= 4 is 34.3 Å². The molecule has 1 atom stereocenters. The number of benzene rings is 1. The van der Waals surface area contributed by atoms with Crippen LogP contribution in [0.2, 0.25) is 0 Å². The maximum atomic E-state index is 12.7. The van der Waals surface area contributed by atoms with Gasteiger partial charge in [0.25, 0.3) is 5.91 Å². The summed E-state index contributed by atoms with van der Waals surface area (Å²) in [6.07, 6.45) is 1.93. The van der Waals surface area contributed by atoms with Crippen LogP contribution in [-0.2, 0) is 9.59 Å². The molecule has 2 aromatic rings. The van der Waals surface area contributed by atoms with E-state index in [2.05, 4.69) is 10.3 Å². The Morgan fingerprint density at radius 1 is 1.27 bits per heavy atom. The van der Waals surface area contributed by atoms with Gasteiger partial charge in [-0.2, -0.15) is 0 Å². The number of piperidine rings is 1. The number of hydrogen-bond donors (Lipinski definition) is 2. The number of pyridine rings is 1. The molecule has 22 heavy (non-hydrogen) atoms. The first-order valence-corrected chi connectivity index (χ1v) is 6.85. The van der Waals surface area contributed by atoms with Gasteiger partial charge in [0.05, 0.1) is 16.8 Å². The van der Waals surface area contributed by atoms with E-state index in [9.17, 15) is 19.5 Å². The lowest BCUT2D eigenvalue weighted by Gasteiger charge is -2.30. The minimum absolute atomic E-state index is 0.0286. The molecule has 2 N–H and O–H groups in total. The van der Waals surface area contributed by atoms with Crippen LogP contribution in [0.3, 0.4) is 0 Å². The molecular formula is C15H11N3O4. The van der Waals surface area contributed by atoms with E-state index < -0.39 is 11.9 Å². The zero-order valence-corrected chi connectivity index (χ0v) is 11.4. The first-order valence-electron chi connectivity index (χ1n) is 6.85. The molecule has 0 aliphatic carbocycles. The number of aromatic hydroxyl groups is 1. The van der Waals surface area contributed by atoms with Gasteiger partial charge in [-0.05, 0) is 12.5 Å². The Morgan fingerprint density at radius 2 is 2.09 bits per heavy atom. The van der Waals surface area contributed by atoms with Crippen LogP contribution in [0.15, 0.2) is 24.4 Å². The van der Waals surface area contributed by atoms with E-state index in [-0.39, 0.29) is 30.4 Å². The molecule has 3 amide bonds. The molecule has 7 heteroatoms. The Hall–Kier alpha value is -2.96. The van der Waals surface area contributed by atoms with Crippen molar-refractivity contribution in [2.24, 2.45) is 0 Å². The van der Waals surface area contributed by atoms with Crippen molar-refractivity contribution in [2.45, 2.75) is 18.9 Å². The summed E-state index contributed by atoms with van der Waals surface area (Å²) in [4.78, 5) is 41.6. The Balaban J connectivity index is 1.89. The first-order chi connectivity index (χ1) is 10.6. The van der Waals surface area contributed by atoms with Gasteiger partial charge in [-0.15, -0.1) is 0 Å². The van der Waals surface area contributed by atoms with E-state index in [0.717, 1.165) is 0 Å². The molecule has 0 bridgehead atoms. The van der Waals surface area contributed by atoms with Crippen molar-refractivity contribution in [1.29, 1.82) is 0 Å². The first kappa shape index (κ1) is 12.8. The van der Waals surface area contributed by atoms with Crippen LogP contribution in [0.4, 0.5) is 5.69 Å². The predicted octanol–water partition coefficient (Wildman–Crippen LogP) is 0.706. The second-order valence-electron chi connectivity index (χ2n) is 5.36. The third kappa shape index (κ3) is 1.62. The summed E-state index contributed by atoms with van der Waals surface area (Å²) >= 11 is 0. The largest absolute Gasteiger partial charge is 0.508 e. The topological polar surface area (TPSA) is 99.6 Å². The summed E-state index contributed by atoms with van der Waals surface area (Å²) in [5.74, 6) is -1.18. The lowest BCUT2D eigenvalue weighted by atomic mass is 10.0. The maximum Gasteiger partial charge on any atom is 0.259 e. The maximum absolute atomic E-state index is 12.7. The highest BCUT2D eigenvalue weighted by molar-refractivity contribution is 6.26. The number of nitrogens with zero attached hydrogens (tertiary/aromatic N) is 2. The monoisotopic (exact) mass is 297 g/mol. The van der Waals surface area contributed by atoms with Gasteiger partial charge in [0.15, 0.2) is 0 Å². The summed E-state index contributed by atoms with van der Waals surface area (Å²) in [6, 6.07) is 3.76. The lowest BCUT2D eigenvalue weighted by Crippen LogP contribution is -2.53. The van der Waals surface area contributed by atoms with Crippen LogP contribution in [-0.4, -0.2) is 33.9 Å². The zero-order valence-electron chi connectivity index (χ0n) is 11.4. The molecule has 0 spiro atoms. The number of phenols is 1. The second-order valence-corrected chi connectivity index (χ2v) is 5.36. The number of hydrogen-bond acceptors (Lipinski definition) is 5. The second kappa shape index (κ2) is 4.27. The van der Waals surface area contributed by atoms with Crippen LogP contribution in [0.5, 0.6) is 5.75 Å². The SMILES string of the molecule is O=C1CCC(N2C(=O)c3ccnc4cc(O)cc2c34)C(=O)N1. The average Bonchev–Trinajstić information content (AvgIpc) is 2.74. The van der Waals surface area contributed by atoms with Gasteiger partial charge in [-0.1, -0.05) is 0 Å². The van der Waals surface area contributed by atoms with E-state index >= 15 is 0 Å². The third-order valence-corrected chi connectivity index (χ3v) is 4.04. The highest BCUT2D eigenvalue weighted by atomic mass is 16.3. The van der Waals surface area contributed by atoms with Gasteiger partial charge >= 0.3 is 0 Å². The van der Waals surface area contributed by atoms with Crippen molar-refractivity contribution < 1.29 is 19.5 Å². The molecule has 1 unspecified atom stereocenters. The number of rotatable bonds is 1. The number of carbonyl (C=O) groups is 3. The van der Waals surface area contributed by atoms with Gasteiger partial charge < -0.3 is 5.11 Å². The van der Waals surface area contributed by atoms with E-state index in [0.29, 0.717) is 22.2 Å². The van der Waals surface area contributed by atoms with Gasteiger partial charge in [0, 0.05) is 30.1 Å². The fourth-order valence-electron chi connectivity index (χ4n) is 3.10. The van der Waals surface area contributed by atoms with Crippen molar-refractivity contribution in [3.05, 3.63) is 30.0 Å². The number of anilines is 1. The normalized spacial score (nSPS) is 20.6. The highest BCUT2D eigenvalue weighted by Gasteiger charge is 2.41. The van der Waals surface area contributed by atoms with Gasteiger partial charge in [-0.3, -0.25) is 29.6 Å². The van der Waals surface area contributed by atoms with E-state index in [4.69, 9.17) is 0 Å². The summed E-state index contributed by atoms with van der Waals surface area (Å²) in [7, 11) is 0. The molecule has 110 valence electrons. The Morgan fingerprint density at radius 3 is 2.86 bits per heavy atom. The van der Waals surface area contributed by atoms with Crippen LogP contribution in [0.25, 0.3) is 10.9 Å². The zero-order chi connectivity index (χ0) is 15.4. The molecule has 1 fully saturated rings. The van der Waals surface area contributed by atoms with E-state index in [1.54, 1.807) is 6.07 Å². The Kier molecular flexibility index (Phi) is 2.47. The predicted molar refractivity (Wildman–Crippen MR) is 76.4 cm³/mol. The number of phenolic OH excluding ortho intramolecular Hbond substituents is 1. The molecule has 3 heterocycles. The molecule has 7 nitrogen and oxygen atoms in total. The summed E-state index contributed by atoms with van der Waals surface area (Å²) in [5, 5.41) is 12.7. The summed E-state index contributed by atoms with van der Waals surface area (Å²) in [5.41, 5.74) is 1.40. The molecule has 1 aromatic carbocycles. The summed E-state index contributed by atoms with van der Waals surface area (Å²) in [6.45, 7) is 0. The van der Waals surface area contributed by atoms with Crippen LogP contribution in [0, 0.1) is 0 Å². The summed E-state index contributed by atoms with van der Waals surface area (Å²) < 4.78 is 0. The van der Waals surface area contributed by atoms with Gasteiger partial charge in [-0.25, -0.2) is 0 Å².